The number of H-pyrrole nitrogens is 2. The molecule has 1 aliphatic rings. The van der Waals surface area contributed by atoms with Crippen LogP contribution in [0.5, 0.6) is 11.5 Å². The Labute approximate surface area is 184 Å². The third-order valence-electron chi connectivity index (χ3n) is 5.81. The van der Waals surface area contributed by atoms with Gasteiger partial charge in [-0.3, -0.25) is 5.10 Å². The zero-order valence-electron chi connectivity index (χ0n) is 17.4. The highest BCUT2D eigenvalue weighted by atomic mass is 16.5. The van der Waals surface area contributed by atoms with Gasteiger partial charge < -0.3 is 20.4 Å². The fraction of sp³-hybridized carbons (Fsp3) is 0.208. The molecule has 1 saturated heterocycles. The van der Waals surface area contributed by atoms with Crippen molar-refractivity contribution in [2.75, 3.05) is 18.4 Å². The van der Waals surface area contributed by atoms with E-state index in [9.17, 15) is 0 Å². The molecule has 0 radical (unpaired) electrons. The minimum absolute atomic E-state index is 0.339. The monoisotopic (exact) mass is 425 g/mol. The maximum atomic E-state index is 6.24. The topological polar surface area (TPSA) is 104 Å². The van der Waals surface area contributed by atoms with Gasteiger partial charge in [0, 0.05) is 30.4 Å². The Balaban J connectivity index is 1.26. The zero-order chi connectivity index (χ0) is 21.3. The van der Waals surface area contributed by atoms with Crippen molar-refractivity contribution in [1.82, 2.24) is 30.5 Å². The summed E-state index contributed by atoms with van der Waals surface area (Å²) in [6, 6.07) is 18.1. The van der Waals surface area contributed by atoms with Crippen molar-refractivity contribution in [3.05, 3.63) is 60.8 Å². The van der Waals surface area contributed by atoms with Crippen LogP contribution in [0.2, 0.25) is 0 Å². The van der Waals surface area contributed by atoms with Crippen LogP contribution >= 0.6 is 0 Å². The van der Waals surface area contributed by atoms with Gasteiger partial charge in [0.15, 0.2) is 11.5 Å². The molecule has 0 saturated carbocycles. The van der Waals surface area contributed by atoms with Gasteiger partial charge in [0.1, 0.15) is 22.7 Å². The highest BCUT2D eigenvalue weighted by Crippen LogP contribution is 2.34. The van der Waals surface area contributed by atoms with E-state index >= 15 is 0 Å². The van der Waals surface area contributed by atoms with Crippen LogP contribution in [0.15, 0.2) is 60.8 Å². The summed E-state index contributed by atoms with van der Waals surface area (Å²) in [7, 11) is 0. The van der Waals surface area contributed by atoms with E-state index < -0.39 is 0 Å². The average molecular weight is 425 g/mol. The molecule has 32 heavy (non-hydrogen) atoms. The number of piperidine rings is 1. The molecule has 1 atom stereocenters. The molecule has 5 aromatic rings. The third-order valence-corrected chi connectivity index (χ3v) is 5.81. The Morgan fingerprint density at radius 3 is 2.78 bits per heavy atom. The molecular formula is C24H23N7O. The van der Waals surface area contributed by atoms with Crippen molar-refractivity contribution in [3.63, 3.8) is 0 Å². The summed E-state index contributed by atoms with van der Waals surface area (Å²) in [4.78, 5) is 12.4. The molecule has 1 fully saturated rings. The summed E-state index contributed by atoms with van der Waals surface area (Å²) in [6.45, 7) is 1.99. The molecule has 8 heteroatoms. The Hall–Kier alpha value is -3.91. The maximum absolute atomic E-state index is 6.24. The molecule has 8 nitrogen and oxygen atoms in total. The lowest BCUT2D eigenvalue weighted by Gasteiger charge is -2.23. The molecule has 2 aromatic carbocycles. The van der Waals surface area contributed by atoms with Crippen LogP contribution in [0.25, 0.3) is 33.5 Å². The van der Waals surface area contributed by atoms with Gasteiger partial charge in [-0.1, -0.05) is 12.1 Å². The van der Waals surface area contributed by atoms with Gasteiger partial charge in [-0.05, 0) is 55.8 Å². The summed E-state index contributed by atoms with van der Waals surface area (Å²) in [5, 5.41) is 15.3. The fourth-order valence-electron chi connectivity index (χ4n) is 4.18. The number of nitrogens with zero attached hydrogens (tertiary/aromatic N) is 3. The number of rotatable bonds is 5. The lowest BCUT2D eigenvalue weighted by molar-refractivity contribution is 0.478. The van der Waals surface area contributed by atoms with Gasteiger partial charge in [0.05, 0.1) is 11.0 Å². The lowest BCUT2D eigenvalue weighted by atomic mass is 10.1. The number of hydrogen-bond acceptors (Lipinski definition) is 6. The van der Waals surface area contributed by atoms with Gasteiger partial charge in [-0.2, -0.15) is 5.10 Å². The van der Waals surface area contributed by atoms with E-state index in [0.29, 0.717) is 17.4 Å². The Bertz CT molecular complexity index is 1330. The van der Waals surface area contributed by atoms with Gasteiger partial charge in [0.2, 0.25) is 0 Å². The van der Waals surface area contributed by atoms with Crippen molar-refractivity contribution in [2.45, 2.75) is 18.9 Å². The van der Waals surface area contributed by atoms with Crippen LogP contribution in [0.4, 0.5) is 5.82 Å². The SMILES string of the molecule is c1ccc2[nH]c(-c3ccc(Oc4ccnc5[nH]nc(N[C@@H]6CCCNC6)c45)cc3)nc2c1. The predicted molar refractivity (Wildman–Crippen MR) is 125 cm³/mol. The number of aromatic amines is 2. The minimum Gasteiger partial charge on any atom is -0.456 e. The summed E-state index contributed by atoms with van der Waals surface area (Å²) >= 11 is 0. The van der Waals surface area contributed by atoms with Gasteiger partial charge >= 0.3 is 0 Å². The number of pyridine rings is 1. The Morgan fingerprint density at radius 2 is 1.94 bits per heavy atom. The summed E-state index contributed by atoms with van der Waals surface area (Å²) < 4.78 is 6.24. The number of anilines is 1. The standard InChI is InChI=1S/C24H23N7O/c1-2-6-19-18(5-1)28-22(29-19)15-7-9-17(10-8-15)32-20-11-13-26-23-21(20)24(31-30-23)27-16-4-3-12-25-14-16/h1-2,5-11,13,16,25H,3-4,12,14H2,(H,28,29)(H2,26,27,30,31)/t16-/m1/s1. The summed E-state index contributed by atoms with van der Waals surface area (Å²) in [5.41, 5.74) is 3.68. The van der Waals surface area contributed by atoms with Crippen LogP contribution in [0.3, 0.4) is 0 Å². The lowest BCUT2D eigenvalue weighted by Crippen LogP contribution is -2.38. The van der Waals surface area contributed by atoms with Crippen molar-refractivity contribution in [3.8, 4) is 22.9 Å². The first-order valence-electron chi connectivity index (χ1n) is 10.9. The number of benzene rings is 2. The summed E-state index contributed by atoms with van der Waals surface area (Å²) in [5.74, 6) is 3.07. The first-order valence-corrected chi connectivity index (χ1v) is 10.9. The highest BCUT2D eigenvalue weighted by Gasteiger charge is 2.18. The van der Waals surface area contributed by atoms with E-state index in [1.54, 1.807) is 6.20 Å². The van der Waals surface area contributed by atoms with Gasteiger partial charge in [0.25, 0.3) is 0 Å². The number of aromatic nitrogens is 5. The third kappa shape index (κ3) is 3.54. The highest BCUT2D eigenvalue weighted by molar-refractivity contribution is 5.93. The number of fused-ring (bicyclic) bond motifs is 2. The maximum Gasteiger partial charge on any atom is 0.161 e. The number of nitrogens with one attached hydrogen (secondary N) is 4. The van der Waals surface area contributed by atoms with Crippen LogP contribution in [-0.4, -0.2) is 44.3 Å². The van der Waals surface area contributed by atoms with Crippen molar-refractivity contribution < 1.29 is 4.74 Å². The normalized spacial score (nSPS) is 16.4. The molecule has 1 aliphatic heterocycles. The van der Waals surface area contributed by atoms with Crippen LogP contribution in [0.1, 0.15) is 12.8 Å². The van der Waals surface area contributed by atoms with Crippen molar-refractivity contribution in [2.24, 2.45) is 0 Å². The first-order chi connectivity index (χ1) is 15.8. The van der Waals surface area contributed by atoms with E-state index in [1.807, 2.05) is 54.6 Å². The molecule has 3 aromatic heterocycles. The fourth-order valence-corrected chi connectivity index (χ4v) is 4.18. The molecule has 4 heterocycles. The van der Waals surface area contributed by atoms with Gasteiger partial charge in [-0.15, -0.1) is 0 Å². The Kier molecular flexibility index (Phi) is 4.69. The first kappa shape index (κ1) is 18.8. The van der Waals surface area contributed by atoms with Crippen LogP contribution < -0.4 is 15.4 Å². The molecule has 0 aliphatic carbocycles. The van der Waals surface area contributed by atoms with Crippen molar-refractivity contribution >= 4 is 27.9 Å². The molecule has 0 amide bonds. The number of imidazole rings is 1. The molecule has 160 valence electrons. The zero-order valence-corrected chi connectivity index (χ0v) is 17.4. The number of para-hydroxylation sites is 2. The molecule has 6 rings (SSSR count). The quantitative estimate of drug-likeness (QED) is 0.332. The molecule has 4 N–H and O–H groups in total. The Morgan fingerprint density at radius 1 is 1.03 bits per heavy atom. The predicted octanol–water partition coefficient (Wildman–Crippen LogP) is 4.46. The average Bonchev–Trinajstić information content (AvgIpc) is 3.45. The van der Waals surface area contributed by atoms with Crippen molar-refractivity contribution in [1.29, 1.82) is 0 Å². The van der Waals surface area contributed by atoms with Crippen LogP contribution in [-0.2, 0) is 0 Å². The minimum atomic E-state index is 0.339. The van der Waals surface area contributed by atoms with E-state index in [2.05, 4.69) is 35.8 Å². The second kappa shape index (κ2) is 7.97. The second-order valence-electron chi connectivity index (χ2n) is 8.02. The van der Waals surface area contributed by atoms with E-state index in [-0.39, 0.29) is 0 Å². The number of hydrogen-bond donors (Lipinski definition) is 4. The molecule has 0 bridgehead atoms. The van der Waals surface area contributed by atoms with E-state index in [4.69, 9.17) is 4.74 Å². The number of ether oxygens (including phenoxy) is 1. The van der Waals surface area contributed by atoms with Gasteiger partial charge in [-0.25, -0.2) is 9.97 Å². The van der Waals surface area contributed by atoms with E-state index in [0.717, 1.165) is 65.3 Å². The summed E-state index contributed by atoms with van der Waals surface area (Å²) in [6.07, 6.45) is 3.99. The second-order valence-corrected chi connectivity index (χ2v) is 8.02. The molecular weight excluding hydrogens is 402 g/mol. The molecule has 0 unspecified atom stereocenters. The largest absolute Gasteiger partial charge is 0.456 e. The molecule has 0 spiro atoms. The smallest absolute Gasteiger partial charge is 0.161 e. The van der Waals surface area contributed by atoms with Crippen LogP contribution in [0, 0.1) is 0 Å². The van der Waals surface area contributed by atoms with E-state index in [1.165, 1.54) is 0 Å².